The fourth-order valence-corrected chi connectivity index (χ4v) is 7.31. The summed E-state index contributed by atoms with van der Waals surface area (Å²) in [6.45, 7) is 10.00. The standard InChI is InChI=1S/C34H43N7O2/c42-32(39-20-22-43-23-21-39)25-41-30-9-2-1-8-27(30)28-11-13-36-29(34(28)41)24-40(17-5-16-38-18-14-35-15-19-38)31-10-3-6-26-7-4-12-37-33(26)31/h1-2,4,7-9,11-13,31,35H,3,5-6,10,14-25H2. The maximum absolute atomic E-state index is 13.6. The number of rotatable bonds is 9. The number of morpholine rings is 1. The summed E-state index contributed by atoms with van der Waals surface area (Å²) in [7, 11) is 0. The molecule has 4 aromatic rings. The van der Waals surface area contributed by atoms with Gasteiger partial charge in [0.2, 0.25) is 5.91 Å². The lowest BCUT2D eigenvalue weighted by Crippen LogP contribution is -2.44. The van der Waals surface area contributed by atoms with Gasteiger partial charge in [0, 0.05) is 81.0 Å². The maximum Gasteiger partial charge on any atom is 0.242 e. The second-order valence-corrected chi connectivity index (χ2v) is 12.1. The van der Waals surface area contributed by atoms with E-state index < -0.39 is 0 Å². The minimum atomic E-state index is 0.138. The van der Waals surface area contributed by atoms with Crippen LogP contribution >= 0.6 is 0 Å². The predicted molar refractivity (Wildman–Crippen MR) is 169 cm³/mol. The predicted octanol–water partition coefficient (Wildman–Crippen LogP) is 3.62. The van der Waals surface area contributed by atoms with Gasteiger partial charge in [-0.2, -0.15) is 0 Å². The highest BCUT2D eigenvalue weighted by Gasteiger charge is 2.29. The van der Waals surface area contributed by atoms with E-state index >= 15 is 0 Å². The molecule has 3 aliphatic rings. The SMILES string of the molecule is O=C(Cn1c2ccccc2c2ccnc(CN(CCCN3CCNCC3)C3CCCc4cccnc43)c21)N1CCOCC1. The second kappa shape index (κ2) is 13.1. The third kappa shape index (κ3) is 6.04. The number of benzene rings is 1. The molecule has 9 nitrogen and oxygen atoms in total. The summed E-state index contributed by atoms with van der Waals surface area (Å²) in [6, 6.07) is 15.2. The van der Waals surface area contributed by atoms with E-state index in [1.807, 2.05) is 17.3 Å². The zero-order valence-corrected chi connectivity index (χ0v) is 25.1. The number of fused-ring (bicyclic) bond motifs is 4. The molecule has 226 valence electrons. The van der Waals surface area contributed by atoms with E-state index in [2.05, 4.69) is 62.1 Å². The van der Waals surface area contributed by atoms with E-state index in [0.717, 1.165) is 81.8 Å². The van der Waals surface area contributed by atoms with E-state index in [1.165, 1.54) is 28.5 Å². The number of para-hydroxylation sites is 1. The summed E-state index contributed by atoms with van der Waals surface area (Å²) in [4.78, 5) is 30.7. The average Bonchev–Trinajstić information content (AvgIpc) is 3.39. The van der Waals surface area contributed by atoms with Crippen LogP contribution in [0.1, 0.15) is 42.3 Å². The van der Waals surface area contributed by atoms with Crippen LogP contribution in [0.5, 0.6) is 0 Å². The minimum absolute atomic E-state index is 0.138. The molecular weight excluding hydrogens is 538 g/mol. The fourth-order valence-electron chi connectivity index (χ4n) is 7.31. The topological polar surface area (TPSA) is 78.8 Å². The molecule has 1 atom stereocenters. The number of nitrogens with zero attached hydrogens (tertiary/aromatic N) is 6. The van der Waals surface area contributed by atoms with E-state index in [-0.39, 0.29) is 11.9 Å². The van der Waals surface area contributed by atoms with Gasteiger partial charge >= 0.3 is 0 Å². The molecule has 0 saturated carbocycles. The Morgan fingerprint density at radius 1 is 0.977 bits per heavy atom. The van der Waals surface area contributed by atoms with Crippen LogP contribution in [0.25, 0.3) is 21.8 Å². The lowest BCUT2D eigenvalue weighted by atomic mass is 9.90. The zero-order valence-electron chi connectivity index (χ0n) is 25.1. The van der Waals surface area contributed by atoms with Crippen molar-refractivity contribution < 1.29 is 9.53 Å². The minimum Gasteiger partial charge on any atom is -0.378 e. The van der Waals surface area contributed by atoms with E-state index in [1.54, 1.807) is 0 Å². The fraction of sp³-hybridized carbons (Fsp3) is 0.500. The third-order valence-electron chi connectivity index (χ3n) is 9.50. The van der Waals surface area contributed by atoms with Crippen LogP contribution in [0.4, 0.5) is 0 Å². The monoisotopic (exact) mass is 581 g/mol. The first-order chi connectivity index (χ1) is 21.3. The molecule has 2 aliphatic heterocycles. The first kappa shape index (κ1) is 28.4. The van der Waals surface area contributed by atoms with Crippen LogP contribution in [0.3, 0.4) is 0 Å². The lowest BCUT2D eigenvalue weighted by Gasteiger charge is -2.36. The Hall–Kier alpha value is -3.37. The van der Waals surface area contributed by atoms with E-state index in [0.29, 0.717) is 32.8 Å². The number of piperazine rings is 1. The van der Waals surface area contributed by atoms with Gasteiger partial charge in [-0.15, -0.1) is 0 Å². The van der Waals surface area contributed by atoms with Crippen molar-refractivity contribution in [2.75, 3.05) is 65.6 Å². The van der Waals surface area contributed by atoms with Gasteiger partial charge < -0.3 is 24.4 Å². The zero-order chi connectivity index (χ0) is 29.0. The Labute approximate surface area is 253 Å². The molecule has 43 heavy (non-hydrogen) atoms. The molecule has 0 bridgehead atoms. The number of carbonyl (C=O) groups is 1. The van der Waals surface area contributed by atoms with Crippen molar-refractivity contribution in [3.8, 4) is 0 Å². The number of amides is 1. The highest BCUT2D eigenvalue weighted by molar-refractivity contribution is 6.09. The Kier molecular flexibility index (Phi) is 8.65. The average molecular weight is 582 g/mol. The Morgan fingerprint density at radius 2 is 1.84 bits per heavy atom. The number of aryl methyl sites for hydroxylation is 1. The van der Waals surface area contributed by atoms with Gasteiger partial charge in [-0.1, -0.05) is 24.3 Å². The number of carbonyl (C=O) groups excluding carboxylic acids is 1. The molecule has 5 heterocycles. The Bertz CT molecular complexity index is 1560. The number of ether oxygens (including phenoxy) is 1. The van der Waals surface area contributed by atoms with Crippen molar-refractivity contribution >= 4 is 27.7 Å². The van der Waals surface area contributed by atoms with Crippen LogP contribution < -0.4 is 5.32 Å². The number of hydrogen-bond donors (Lipinski definition) is 1. The third-order valence-corrected chi connectivity index (χ3v) is 9.50. The highest BCUT2D eigenvalue weighted by atomic mass is 16.5. The molecule has 1 N–H and O–H groups in total. The number of aromatic nitrogens is 3. The number of nitrogens with one attached hydrogen (secondary N) is 1. The highest BCUT2D eigenvalue weighted by Crippen LogP contribution is 2.36. The van der Waals surface area contributed by atoms with Crippen molar-refractivity contribution in [1.82, 2.24) is 34.6 Å². The first-order valence-electron chi connectivity index (χ1n) is 16.1. The molecule has 2 fully saturated rings. The first-order valence-corrected chi connectivity index (χ1v) is 16.1. The summed E-state index contributed by atoms with van der Waals surface area (Å²) in [6.07, 6.45) is 8.37. The van der Waals surface area contributed by atoms with Crippen molar-refractivity contribution in [3.05, 3.63) is 71.8 Å². The van der Waals surface area contributed by atoms with Gasteiger partial charge in [-0.25, -0.2) is 0 Å². The molecule has 9 heteroatoms. The van der Waals surface area contributed by atoms with Crippen LogP contribution in [-0.4, -0.2) is 101 Å². The molecule has 3 aromatic heterocycles. The smallest absolute Gasteiger partial charge is 0.242 e. The largest absolute Gasteiger partial charge is 0.378 e. The summed E-state index contributed by atoms with van der Waals surface area (Å²) in [5, 5.41) is 5.81. The molecule has 1 unspecified atom stereocenters. The normalized spacial score (nSPS) is 19.7. The van der Waals surface area contributed by atoms with Gasteiger partial charge in [0.15, 0.2) is 0 Å². The van der Waals surface area contributed by atoms with E-state index in [4.69, 9.17) is 14.7 Å². The Morgan fingerprint density at radius 3 is 2.72 bits per heavy atom. The van der Waals surface area contributed by atoms with Crippen LogP contribution in [-0.2, 0) is 29.0 Å². The summed E-state index contributed by atoms with van der Waals surface area (Å²) >= 11 is 0. The second-order valence-electron chi connectivity index (χ2n) is 12.1. The van der Waals surface area contributed by atoms with Crippen LogP contribution in [0.2, 0.25) is 0 Å². The van der Waals surface area contributed by atoms with Gasteiger partial charge in [0.05, 0.1) is 36.2 Å². The molecule has 1 aliphatic carbocycles. The molecule has 1 aromatic carbocycles. The van der Waals surface area contributed by atoms with Crippen molar-refractivity contribution in [3.63, 3.8) is 0 Å². The van der Waals surface area contributed by atoms with Crippen LogP contribution in [0, 0.1) is 0 Å². The van der Waals surface area contributed by atoms with Crippen molar-refractivity contribution in [1.29, 1.82) is 0 Å². The summed E-state index contributed by atoms with van der Waals surface area (Å²) in [5.41, 5.74) is 5.81. The number of hydrogen-bond acceptors (Lipinski definition) is 7. The molecule has 0 radical (unpaired) electrons. The van der Waals surface area contributed by atoms with Gasteiger partial charge in [0.1, 0.15) is 6.54 Å². The molecule has 7 rings (SSSR count). The van der Waals surface area contributed by atoms with E-state index in [9.17, 15) is 4.79 Å². The Balaban J connectivity index is 1.24. The van der Waals surface area contributed by atoms with Gasteiger partial charge in [-0.05, 0) is 56.0 Å². The van der Waals surface area contributed by atoms with Crippen LogP contribution in [0.15, 0.2) is 54.9 Å². The molecule has 0 spiro atoms. The van der Waals surface area contributed by atoms with Crippen molar-refractivity contribution in [2.45, 2.75) is 44.8 Å². The lowest BCUT2D eigenvalue weighted by molar-refractivity contribution is -0.135. The summed E-state index contributed by atoms with van der Waals surface area (Å²) < 4.78 is 7.73. The maximum atomic E-state index is 13.6. The number of pyridine rings is 2. The molecular formula is C34H43N7O2. The summed E-state index contributed by atoms with van der Waals surface area (Å²) in [5.74, 6) is 0.138. The van der Waals surface area contributed by atoms with Crippen molar-refractivity contribution in [2.24, 2.45) is 0 Å². The molecule has 2 saturated heterocycles. The van der Waals surface area contributed by atoms with Gasteiger partial charge in [0.25, 0.3) is 0 Å². The molecule has 1 amide bonds. The van der Waals surface area contributed by atoms with Gasteiger partial charge in [-0.3, -0.25) is 19.7 Å². The quantitative estimate of drug-likeness (QED) is 0.324.